The minimum absolute atomic E-state index is 0.00346. The first-order valence-electron chi connectivity index (χ1n) is 22.4. The Labute approximate surface area is 412 Å². The van der Waals surface area contributed by atoms with Crippen LogP contribution in [0.3, 0.4) is 0 Å². The Morgan fingerprint density at radius 1 is 0.803 bits per heavy atom. The zero-order chi connectivity index (χ0) is 52.2. The van der Waals surface area contributed by atoms with Crippen LogP contribution in [0.15, 0.2) is 149 Å². The van der Waals surface area contributed by atoms with E-state index in [1.54, 1.807) is 89.8 Å². The number of carbonyl (C=O) groups excluding carboxylic acids is 1. The number of halogens is 4. The molecule has 0 saturated carbocycles. The molecule has 0 saturated heterocycles. The van der Waals surface area contributed by atoms with Gasteiger partial charge in [-0.05, 0) is 123 Å². The zero-order valence-corrected chi connectivity index (χ0v) is 41.4. The molecule has 1 amide bonds. The molecule has 11 nitrogen and oxygen atoms in total. The van der Waals surface area contributed by atoms with Crippen LogP contribution in [0.5, 0.6) is 0 Å². The summed E-state index contributed by atoms with van der Waals surface area (Å²) in [5.74, 6) is -0.674. The van der Waals surface area contributed by atoms with Gasteiger partial charge in [-0.1, -0.05) is 103 Å². The van der Waals surface area contributed by atoms with Crippen molar-refractivity contribution in [3.05, 3.63) is 190 Å². The number of likely N-dealkylation sites (N-methyl/N-ethyl adjacent to an activating group) is 1. The summed E-state index contributed by atoms with van der Waals surface area (Å²) in [4.78, 5) is 22.7. The first-order chi connectivity index (χ1) is 33.6. The molecular formula is C56H60F4N6O5. The lowest BCUT2D eigenvalue weighted by Gasteiger charge is -2.34. The molecular weight excluding hydrogens is 913 g/mol. The number of nitrogens with zero attached hydrogens (tertiary/aromatic N) is 4. The summed E-state index contributed by atoms with van der Waals surface area (Å²) in [6.07, 6.45) is -4.64. The fourth-order valence-electron chi connectivity index (χ4n) is 7.33. The van der Waals surface area contributed by atoms with Crippen LogP contribution in [0, 0.1) is 19.7 Å². The molecule has 1 unspecified atom stereocenters. The van der Waals surface area contributed by atoms with E-state index >= 15 is 0 Å². The normalized spacial score (nSPS) is 12.1. The third-order valence-corrected chi connectivity index (χ3v) is 11.8. The fourth-order valence-corrected chi connectivity index (χ4v) is 7.33. The second kappa shape index (κ2) is 24.0. The standard InChI is InChI=1S/C30H32FN3O3.C24H22F3N3O.C2H6O/c1-19-9-7-8-10-25(19)26-14-13-22(15-24(26)18-36-6)29-32-28(33-37-29)21-11-12-23(27(31)16-21)17-34(5)30(3,4)20(2)35;1-14-6-3-4-9-19(14)20-11-10-18(13-21(20)24(25,26)27)23(31)30-22(29)17-8-5-7-16(12-17)15(2)28;1-3-2/h7-16,35H,2,17-18H2,1,3-6H3;3-13,15H,28H2,1-2H3,(H2,29,30,31);1-2H3. The van der Waals surface area contributed by atoms with Gasteiger partial charge >= 0.3 is 6.18 Å². The summed E-state index contributed by atoms with van der Waals surface area (Å²) < 4.78 is 71.5. The van der Waals surface area contributed by atoms with Crippen molar-refractivity contribution in [3.63, 3.8) is 0 Å². The van der Waals surface area contributed by atoms with E-state index in [1.807, 2.05) is 62.2 Å². The van der Waals surface area contributed by atoms with Crippen molar-refractivity contribution in [1.29, 1.82) is 0 Å². The van der Waals surface area contributed by atoms with Gasteiger partial charge in [0.25, 0.3) is 11.8 Å². The van der Waals surface area contributed by atoms with Gasteiger partial charge in [-0.25, -0.2) is 4.39 Å². The number of aliphatic hydroxyl groups is 1. The van der Waals surface area contributed by atoms with Crippen LogP contribution in [0.2, 0.25) is 0 Å². The molecule has 15 heteroatoms. The SMILES string of the molecule is C=C(O)C(C)(C)N(C)Cc1ccc(-c2noc(-c3ccc(-c4ccccc4C)c(COC)c3)n2)cc1F.COC.Cc1ccccc1-c1ccc(C(=O)N=C(N)c2cccc(C(C)N)c2)cc1C(F)(F)F. The number of nitrogens with two attached hydrogens (primary N) is 2. The van der Waals surface area contributed by atoms with Crippen molar-refractivity contribution in [3.8, 4) is 45.1 Å². The Bertz CT molecular complexity index is 3000. The molecule has 0 aliphatic carbocycles. The number of aliphatic imine (C=N–C) groups is 1. The van der Waals surface area contributed by atoms with E-state index in [2.05, 4.69) is 45.5 Å². The summed E-state index contributed by atoms with van der Waals surface area (Å²) in [5.41, 5.74) is 18.6. The predicted octanol–water partition coefficient (Wildman–Crippen LogP) is 12.5. The summed E-state index contributed by atoms with van der Waals surface area (Å²) in [7, 11) is 6.72. The Kier molecular flexibility index (Phi) is 18.5. The average molecular weight is 973 g/mol. The molecule has 0 aliphatic heterocycles. The molecule has 372 valence electrons. The number of aliphatic hydroxyl groups excluding tert-OH is 1. The highest BCUT2D eigenvalue weighted by Crippen LogP contribution is 2.39. The first-order valence-corrected chi connectivity index (χ1v) is 22.4. The molecule has 5 N–H and O–H groups in total. The lowest BCUT2D eigenvalue weighted by molar-refractivity contribution is -0.137. The lowest BCUT2D eigenvalue weighted by Crippen LogP contribution is -2.42. The monoisotopic (exact) mass is 972 g/mol. The second-order valence-electron chi connectivity index (χ2n) is 17.4. The number of benzene rings is 6. The first kappa shape index (κ1) is 54.6. The number of amides is 1. The van der Waals surface area contributed by atoms with Crippen LogP contribution in [-0.2, 0) is 28.8 Å². The molecule has 1 atom stereocenters. The van der Waals surface area contributed by atoms with Gasteiger partial charge in [-0.15, -0.1) is 0 Å². The number of alkyl halides is 3. The maximum atomic E-state index is 15.0. The summed E-state index contributed by atoms with van der Waals surface area (Å²) in [6, 6.07) is 35.9. The Balaban J connectivity index is 0.000000254. The number of methoxy groups -OCH3 is 2. The summed E-state index contributed by atoms with van der Waals surface area (Å²) >= 11 is 0. The minimum Gasteiger partial charge on any atom is -0.511 e. The number of hydrogen-bond donors (Lipinski definition) is 3. The number of aryl methyl sites for hydroxylation is 2. The molecule has 0 bridgehead atoms. The van der Waals surface area contributed by atoms with Gasteiger partial charge in [0, 0.05) is 61.7 Å². The van der Waals surface area contributed by atoms with Crippen LogP contribution in [0.4, 0.5) is 17.6 Å². The van der Waals surface area contributed by atoms with E-state index in [0.717, 1.165) is 33.9 Å². The fraction of sp³-hybridized carbons (Fsp3) is 0.250. The molecule has 7 rings (SSSR count). The highest BCUT2D eigenvalue weighted by molar-refractivity contribution is 6.09. The van der Waals surface area contributed by atoms with E-state index in [-0.39, 0.29) is 34.6 Å². The molecule has 0 aliphatic rings. The van der Waals surface area contributed by atoms with Gasteiger partial charge in [0.1, 0.15) is 17.4 Å². The van der Waals surface area contributed by atoms with Gasteiger partial charge in [-0.2, -0.15) is 23.1 Å². The van der Waals surface area contributed by atoms with Crippen LogP contribution >= 0.6 is 0 Å². The van der Waals surface area contributed by atoms with Gasteiger partial charge < -0.3 is 30.6 Å². The topological polar surface area (TPSA) is 162 Å². The van der Waals surface area contributed by atoms with Gasteiger partial charge in [0.15, 0.2) is 0 Å². The third kappa shape index (κ3) is 13.7. The summed E-state index contributed by atoms with van der Waals surface area (Å²) in [6.45, 7) is 13.6. The van der Waals surface area contributed by atoms with E-state index in [0.29, 0.717) is 52.7 Å². The number of ether oxygens (including phenoxy) is 2. The quantitative estimate of drug-likeness (QED) is 0.0439. The van der Waals surface area contributed by atoms with Gasteiger partial charge in [0.2, 0.25) is 5.82 Å². The molecule has 0 fully saturated rings. The van der Waals surface area contributed by atoms with E-state index in [1.165, 1.54) is 23.8 Å². The number of rotatable bonds is 13. The Morgan fingerprint density at radius 2 is 1.41 bits per heavy atom. The largest absolute Gasteiger partial charge is 0.511 e. The van der Waals surface area contributed by atoms with Crippen molar-refractivity contribution < 1.29 is 41.5 Å². The maximum Gasteiger partial charge on any atom is 0.417 e. The minimum atomic E-state index is -4.64. The smallest absolute Gasteiger partial charge is 0.417 e. The number of aromatic nitrogens is 2. The van der Waals surface area contributed by atoms with Gasteiger partial charge in [0.05, 0.1) is 17.7 Å². The summed E-state index contributed by atoms with van der Waals surface area (Å²) in [5, 5.41) is 13.9. The van der Waals surface area contributed by atoms with E-state index in [4.69, 9.17) is 20.7 Å². The zero-order valence-electron chi connectivity index (χ0n) is 41.4. The average Bonchev–Trinajstić information content (AvgIpc) is 3.83. The van der Waals surface area contributed by atoms with E-state index in [9.17, 15) is 27.5 Å². The van der Waals surface area contributed by atoms with Crippen molar-refractivity contribution in [2.24, 2.45) is 16.5 Å². The highest BCUT2D eigenvalue weighted by Gasteiger charge is 2.35. The van der Waals surface area contributed by atoms with Crippen molar-refractivity contribution in [2.75, 3.05) is 28.4 Å². The molecule has 1 aromatic heterocycles. The van der Waals surface area contributed by atoms with Gasteiger partial charge in [-0.3, -0.25) is 9.69 Å². The van der Waals surface area contributed by atoms with Crippen molar-refractivity contribution in [1.82, 2.24) is 15.0 Å². The molecule has 71 heavy (non-hydrogen) atoms. The van der Waals surface area contributed by atoms with Crippen molar-refractivity contribution in [2.45, 2.75) is 65.5 Å². The van der Waals surface area contributed by atoms with Crippen molar-refractivity contribution >= 4 is 11.7 Å². The maximum absolute atomic E-state index is 15.0. The Morgan fingerprint density at radius 3 is 1.99 bits per heavy atom. The van der Waals surface area contributed by atoms with Crippen LogP contribution in [0.25, 0.3) is 45.1 Å². The third-order valence-electron chi connectivity index (χ3n) is 11.8. The molecule has 7 aromatic rings. The number of carbonyl (C=O) groups is 1. The molecule has 0 radical (unpaired) electrons. The van der Waals surface area contributed by atoms with E-state index < -0.39 is 23.2 Å². The second-order valence-corrected chi connectivity index (χ2v) is 17.4. The van der Waals surface area contributed by atoms with Crippen LogP contribution in [0.1, 0.15) is 76.1 Å². The molecule has 6 aromatic carbocycles. The molecule has 0 spiro atoms. The number of hydrogen-bond acceptors (Lipinski definition) is 9. The molecule has 1 heterocycles. The van der Waals surface area contributed by atoms with Crippen LogP contribution < -0.4 is 11.5 Å². The lowest BCUT2D eigenvalue weighted by atomic mass is 9.94. The van der Waals surface area contributed by atoms with Crippen LogP contribution in [-0.4, -0.2) is 65.8 Å². The predicted molar refractivity (Wildman–Crippen MR) is 272 cm³/mol. The Hall–Kier alpha value is -7.30. The highest BCUT2D eigenvalue weighted by atomic mass is 19.4. The number of amidine groups is 1.